The van der Waals surface area contributed by atoms with Crippen LogP contribution < -0.4 is 5.32 Å². The second-order valence-electron chi connectivity index (χ2n) is 5.05. The molecular formula is C12H21NO3. The van der Waals surface area contributed by atoms with Crippen LogP contribution in [0.15, 0.2) is 0 Å². The molecule has 1 heterocycles. The maximum absolute atomic E-state index is 11.8. The number of carbonyl (C=O) groups excluding carboxylic acids is 1. The summed E-state index contributed by atoms with van der Waals surface area (Å²) in [5, 5.41) is 12.4. The van der Waals surface area contributed by atoms with Gasteiger partial charge in [0.15, 0.2) is 0 Å². The van der Waals surface area contributed by atoms with E-state index in [1.165, 1.54) is 0 Å². The van der Waals surface area contributed by atoms with Gasteiger partial charge in [-0.05, 0) is 38.5 Å². The molecule has 1 saturated carbocycles. The third-order valence-electron chi connectivity index (χ3n) is 3.79. The summed E-state index contributed by atoms with van der Waals surface area (Å²) in [6, 6.07) is 0. The van der Waals surface area contributed by atoms with Crippen molar-refractivity contribution in [2.45, 2.75) is 44.8 Å². The maximum Gasteiger partial charge on any atom is 0.225 e. The predicted molar refractivity (Wildman–Crippen MR) is 59.9 cm³/mol. The second kappa shape index (κ2) is 5.15. The zero-order valence-electron chi connectivity index (χ0n) is 9.82. The minimum Gasteiger partial charge on any atom is -0.393 e. The summed E-state index contributed by atoms with van der Waals surface area (Å²) in [5.74, 6) is 0.592. The van der Waals surface area contributed by atoms with Crippen LogP contribution in [0.3, 0.4) is 0 Å². The first-order chi connectivity index (χ1) is 7.66. The van der Waals surface area contributed by atoms with Crippen molar-refractivity contribution in [2.24, 2.45) is 11.8 Å². The van der Waals surface area contributed by atoms with Gasteiger partial charge in [-0.15, -0.1) is 0 Å². The van der Waals surface area contributed by atoms with E-state index in [0.29, 0.717) is 19.1 Å². The molecule has 4 nitrogen and oxygen atoms in total. The molecule has 1 amide bonds. The topological polar surface area (TPSA) is 58.6 Å². The van der Waals surface area contributed by atoms with E-state index < -0.39 is 0 Å². The van der Waals surface area contributed by atoms with Gasteiger partial charge in [-0.2, -0.15) is 0 Å². The lowest BCUT2D eigenvalue weighted by molar-refractivity contribution is -0.126. The van der Waals surface area contributed by atoms with Crippen LogP contribution in [-0.4, -0.2) is 36.4 Å². The van der Waals surface area contributed by atoms with Crippen LogP contribution >= 0.6 is 0 Å². The van der Waals surface area contributed by atoms with Gasteiger partial charge in [0, 0.05) is 13.2 Å². The Morgan fingerprint density at radius 2 is 2.25 bits per heavy atom. The van der Waals surface area contributed by atoms with E-state index >= 15 is 0 Å². The molecule has 1 aliphatic carbocycles. The summed E-state index contributed by atoms with van der Waals surface area (Å²) in [4.78, 5) is 11.8. The predicted octanol–water partition coefficient (Wildman–Crippen LogP) is 0.689. The fraction of sp³-hybridized carbons (Fsp3) is 0.917. The molecule has 0 aromatic heterocycles. The van der Waals surface area contributed by atoms with Crippen molar-refractivity contribution in [3.63, 3.8) is 0 Å². The Labute approximate surface area is 96.4 Å². The van der Waals surface area contributed by atoms with Crippen molar-refractivity contribution in [1.82, 2.24) is 5.32 Å². The number of aliphatic hydroxyl groups is 1. The second-order valence-corrected chi connectivity index (χ2v) is 5.05. The van der Waals surface area contributed by atoms with Crippen molar-refractivity contribution < 1.29 is 14.6 Å². The molecule has 4 unspecified atom stereocenters. The van der Waals surface area contributed by atoms with Gasteiger partial charge in [0.2, 0.25) is 5.91 Å². The van der Waals surface area contributed by atoms with E-state index in [-0.39, 0.29) is 24.0 Å². The molecule has 0 spiro atoms. The van der Waals surface area contributed by atoms with Crippen molar-refractivity contribution in [3.8, 4) is 0 Å². The standard InChI is InChI=1S/C12H21NO3/c1-8-11(4-5-16-8)12(15)13-7-9-2-3-10(14)6-9/h8-11,14H,2-7H2,1H3,(H,13,15). The quantitative estimate of drug-likeness (QED) is 0.745. The van der Waals surface area contributed by atoms with Gasteiger partial charge >= 0.3 is 0 Å². The summed E-state index contributed by atoms with van der Waals surface area (Å²) >= 11 is 0. The zero-order chi connectivity index (χ0) is 11.5. The number of amides is 1. The minimum atomic E-state index is -0.157. The van der Waals surface area contributed by atoms with Crippen molar-refractivity contribution >= 4 is 5.91 Å². The van der Waals surface area contributed by atoms with Crippen LogP contribution in [0.2, 0.25) is 0 Å². The third kappa shape index (κ3) is 2.74. The molecule has 4 atom stereocenters. The Hall–Kier alpha value is -0.610. The highest BCUT2D eigenvalue weighted by atomic mass is 16.5. The van der Waals surface area contributed by atoms with Gasteiger partial charge in [0.25, 0.3) is 0 Å². The lowest BCUT2D eigenvalue weighted by atomic mass is 10.0. The SMILES string of the molecule is CC1OCCC1C(=O)NCC1CCC(O)C1. The monoisotopic (exact) mass is 227 g/mol. The lowest BCUT2D eigenvalue weighted by Crippen LogP contribution is -2.36. The van der Waals surface area contributed by atoms with Gasteiger partial charge < -0.3 is 15.2 Å². The van der Waals surface area contributed by atoms with Crippen LogP contribution in [0, 0.1) is 11.8 Å². The molecule has 0 radical (unpaired) electrons. The first-order valence-corrected chi connectivity index (χ1v) is 6.24. The molecule has 4 heteroatoms. The largest absolute Gasteiger partial charge is 0.393 e. The fourth-order valence-electron chi connectivity index (χ4n) is 2.69. The normalized spacial score (nSPS) is 38.9. The minimum absolute atomic E-state index is 0.0197. The molecule has 2 rings (SSSR count). The Bertz CT molecular complexity index is 257. The molecule has 2 fully saturated rings. The van der Waals surface area contributed by atoms with Gasteiger partial charge in [-0.3, -0.25) is 4.79 Å². The number of nitrogens with one attached hydrogen (secondary N) is 1. The Balaban J connectivity index is 1.71. The van der Waals surface area contributed by atoms with Crippen molar-refractivity contribution in [2.75, 3.05) is 13.2 Å². The summed E-state index contributed by atoms with van der Waals surface area (Å²) < 4.78 is 5.37. The van der Waals surface area contributed by atoms with Gasteiger partial charge in [0.05, 0.1) is 18.1 Å². The summed E-state index contributed by atoms with van der Waals surface area (Å²) in [6.07, 6.45) is 3.46. The smallest absolute Gasteiger partial charge is 0.225 e. The fourth-order valence-corrected chi connectivity index (χ4v) is 2.69. The molecule has 92 valence electrons. The molecule has 2 N–H and O–H groups in total. The number of carbonyl (C=O) groups is 1. The number of hydrogen-bond acceptors (Lipinski definition) is 3. The average Bonchev–Trinajstić information content (AvgIpc) is 2.84. The van der Waals surface area contributed by atoms with Crippen LogP contribution in [-0.2, 0) is 9.53 Å². The van der Waals surface area contributed by atoms with Gasteiger partial charge in [-0.1, -0.05) is 0 Å². The van der Waals surface area contributed by atoms with E-state index in [9.17, 15) is 9.90 Å². The molecular weight excluding hydrogens is 206 g/mol. The molecule has 0 aromatic rings. The molecule has 0 bridgehead atoms. The average molecular weight is 227 g/mol. The number of aliphatic hydroxyl groups excluding tert-OH is 1. The Kier molecular flexibility index (Phi) is 3.82. The highest BCUT2D eigenvalue weighted by Gasteiger charge is 2.31. The van der Waals surface area contributed by atoms with Crippen LogP contribution in [0.1, 0.15) is 32.6 Å². The first-order valence-electron chi connectivity index (χ1n) is 6.24. The summed E-state index contributed by atoms with van der Waals surface area (Å²) in [5.41, 5.74) is 0. The zero-order valence-corrected chi connectivity index (χ0v) is 9.82. The lowest BCUT2D eigenvalue weighted by Gasteiger charge is -2.16. The number of hydrogen-bond donors (Lipinski definition) is 2. The molecule has 16 heavy (non-hydrogen) atoms. The Morgan fingerprint density at radius 1 is 1.44 bits per heavy atom. The van der Waals surface area contributed by atoms with Crippen LogP contribution in [0.25, 0.3) is 0 Å². The van der Waals surface area contributed by atoms with Gasteiger partial charge in [0.1, 0.15) is 0 Å². The number of ether oxygens (including phenoxy) is 1. The molecule has 1 aliphatic heterocycles. The highest BCUT2D eigenvalue weighted by Crippen LogP contribution is 2.25. The van der Waals surface area contributed by atoms with E-state index in [0.717, 1.165) is 25.7 Å². The highest BCUT2D eigenvalue weighted by molar-refractivity contribution is 5.79. The molecule has 2 aliphatic rings. The van der Waals surface area contributed by atoms with Crippen molar-refractivity contribution in [1.29, 1.82) is 0 Å². The third-order valence-corrected chi connectivity index (χ3v) is 3.79. The van der Waals surface area contributed by atoms with E-state index in [1.807, 2.05) is 6.92 Å². The molecule has 1 saturated heterocycles. The van der Waals surface area contributed by atoms with Crippen LogP contribution in [0.5, 0.6) is 0 Å². The van der Waals surface area contributed by atoms with E-state index in [2.05, 4.69) is 5.32 Å². The van der Waals surface area contributed by atoms with Crippen molar-refractivity contribution in [3.05, 3.63) is 0 Å². The first kappa shape index (κ1) is 11.9. The maximum atomic E-state index is 11.8. The van der Waals surface area contributed by atoms with E-state index in [1.54, 1.807) is 0 Å². The Morgan fingerprint density at radius 3 is 2.81 bits per heavy atom. The van der Waals surface area contributed by atoms with E-state index in [4.69, 9.17) is 4.74 Å². The molecule has 0 aromatic carbocycles. The number of rotatable bonds is 3. The summed E-state index contributed by atoms with van der Waals surface area (Å²) in [6.45, 7) is 3.36. The summed E-state index contributed by atoms with van der Waals surface area (Å²) in [7, 11) is 0. The van der Waals surface area contributed by atoms with Gasteiger partial charge in [-0.25, -0.2) is 0 Å². The van der Waals surface area contributed by atoms with Crippen LogP contribution in [0.4, 0.5) is 0 Å².